The Labute approximate surface area is 123 Å². The summed E-state index contributed by atoms with van der Waals surface area (Å²) >= 11 is 0. The van der Waals surface area contributed by atoms with Gasteiger partial charge in [-0.3, -0.25) is 4.79 Å². The van der Waals surface area contributed by atoms with Gasteiger partial charge in [-0.1, -0.05) is 18.2 Å². The predicted molar refractivity (Wildman–Crippen MR) is 78.3 cm³/mol. The summed E-state index contributed by atoms with van der Waals surface area (Å²) in [5, 5.41) is 8.85. The van der Waals surface area contributed by atoms with Crippen molar-refractivity contribution in [1.82, 2.24) is 9.80 Å². The molecule has 21 heavy (non-hydrogen) atoms. The van der Waals surface area contributed by atoms with E-state index in [0.29, 0.717) is 26.2 Å². The van der Waals surface area contributed by atoms with Crippen LogP contribution in [0.3, 0.4) is 0 Å². The van der Waals surface area contributed by atoms with Crippen molar-refractivity contribution < 1.29 is 14.7 Å². The molecule has 2 amide bonds. The van der Waals surface area contributed by atoms with Crippen LogP contribution in [0.4, 0.5) is 10.5 Å². The molecule has 2 saturated heterocycles. The molecule has 6 heteroatoms. The van der Waals surface area contributed by atoms with Gasteiger partial charge in [0.05, 0.1) is 5.92 Å². The number of para-hydroxylation sites is 1. The average Bonchev–Trinajstić information content (AvgIpc) is 2.46. The summed E-state index contributed by atoms with van der Waals surface area (Å²) < 4.78 is 0. The topological polar surface area (TPSA) is 64.1 Å². The lowest BCUT2D eigenvalue weighted by Gasteiger charge is -2.43. The zero-order valence-corrected chi connectivity index (χ0v) is 11.8. The van der Waals surface area contributed by atoms with E-state index >= 15 is 0 Å². The summed E-state index contributed by atoms with van der Waals surface area (Å²) in [6.07, 6.45) is 0. The fourth-order valence-corrected chi connectivity index (χ4v) is 2.79. The van der Waals surface area contributed by atoms with Crippen LogP contribution in [0, 0.1) is 5.92 Å². The number of urea groups is 1. The molecule has 0 atom stereocenters. The van der Waals surface area contributed by atoms with Crippen molar-refractivity contribution in [3.8, 4) is 0 Å². The number of hydrogen-bond donors (Lipinski definition) is 1. The highest BCUT2D eigenvalue weighted by Crippen LogP contribution is 2.20. The fourth-order valence-electron chi connectivity index (χ4n) is 2.79. The molecule has 0 unspecified atom stereocenters. The van der Waals surface area contributed by atoms with Crippen molar-refractivity contribution in [2.75, 3.05) is 44.2 Å². The molecule has 0 spiro atoms. The van der Waals surface area contributed by atoms with Crippen LogP contribution >= 0.6 is 0 Å². The molecule has 6 nitrogen and oxygen atoms in total. The Morgan fingerprint density at radius 2 is 1.57 bits per heavy atom. The van der Waals surface area contributed by atoms with Gasteiger partial charge in [0, 0.05) is 45.0 Å². The second kappa shape index (κ2) is 5.63. The van der Waals surface area contributed by atoms with Crippen LogP contribution in [0.15, 0.2) is 30.3 Å². The van der Waals surface area contributed by atoms with Gasteiger partial charge in [-0.2, -0.15) is 0 Å². The molecule has 0 aliphatic carbocycles. The average molecular weight is 289 g/mol. The summed E-state index contributed by atoms with van der Waals surface area (Å²) in [4.78, 5) is 28.7. The third kappa shape index (κ3) is 2.79. The number of hydrogen-bond acceptors (Lipinski definition) is 3. The Morgan fingerprint density at radius 1 is 0.952 bits per heavy atom. The number of carboxylic acids is 1. The lowest BCUT2D eigenvalue weighted by molar-refractivity contribution is -0.146. The van der Waals surface area contributed by atoms with Gasteiger partial charge in [-0.25, -0.2) is 4.79 Å². The molecule has 0 bridgehead atoms. The number of aliphatic carboxylic acids is 1. The van der Waals surface area contributed by atoms with Crippen LogP contribution in [0.5, 0.6) is 0 Å². The quantitative estimate of drug-likeness (QED) is 0.880. The Balaban J connectivity index is 1.50. The zero-order chi connectivity index (χ0) is 14.8. The van der Waals surface area contributed by atoms with Crippen molar-refractivity contribution >= 4 is 17.7 Å². The molecule has 1 aromatic rings. The van der Waals surface area contributed by atoms with Crippen LogP contribution in [-0.4, -0.2) is 66.2 Å². The normalized spacial score (nSPS) is 19.3. The van der Waals surface area contributed by atoms with E-state index in [1.54, 1.807) is 4.90 Å². The van der Waals surface area contributed by atoms with E-state index in [4.69, 9.17) is 5.11 Å². The number of carbonyl (C=O) groups excluding carboxylic acids is 1. The zero-order valence-electron chi connectivity index (χ0n) is 11.8. The minimum Gasteiger partial charge on any atom is -0.481 e. The van der Waals surface area contributed by atoms with Gasteiger partial charge in [-0.05, 0) is 12.1 Å². The Kier molecular flexibility index (Phi) is 3.68. The van der Waals surface area contributed by atoms with Crippen LogP contribution in [0.25, 0.3) is 0 Å². The van der Waals surface area contributed by atoms with Gasteiger partial charge in [0.15, 0.2) is 0 Å². The number of amides is 2. The monoisotopic (exact) mass is 289 g/mol. The van der Waals surface area contributed by atoms with E-state index < -0.39 is 5.97 Å². The SMILES string of the molecule is O=C(O)C1CN(C(=O)N2CCN(c3ccccc3)CC2)C1. The third-order valence-electron chi connectivity index (χ3n) is 4.17. The highest BCUT2D eigenvalue weighted by Gasteiger charge is 2.38. The van der Waals surface area contributed by atoms with Crippen LogP contribution in [0.2, 0.25) is 0 Å². The molecule has 1 aromatic carbocycles. The van der Waals surface area contributed by atoms with E-state index in [-0.39, 0.29) is 11.9 Å². The lowest BCUT2D eigenvalue weighted by Crippen LogP contribution is -2.60. The number of nitrogens with zero attached hydrogens (tertiary/aromatic N) is 3. The molecule has 3 rings (SSSR count). The van der Waals surface area contributed by atoms with Crippen molar-refractivity contribution in [1.29, 1.82) is 0 Å². The van der Waals surface area contributed by atoms with Gasteiger partial charge in [0.1, 0.15) is 0 Å². The molecular formula is C15H19N3O3. The molecule has 2 heterocycles. The number of benzene rings is 1. The standard InChI is InChI=1S/C15H19N3O3/c19-14(20)12-10-18(11-12)15(21)17-8-6-16(7-9-17)13-4-2-1-3-5-13/h1-5,12H,6-11H2,(H,19,20). The van der Waals surface area contributed by atoms with E-state index in [9.17, 15) is 9.59 Å². The maximum atomic E-state index is 12.2. The van der Waals surface area contributed by atoms with Crippen LogP contribution in [-0.2, 0) is 4.79 Å². The number of likely N-dealkylation sites (tertiary alicyclic amines) is 1. The van der Waals surface area contributed by atoms with E-state index in [1.165, 1.54) is 5.69 Å². The summed E-state index contributed by atoms with van der Waals surface area (Å²) in [5.74, 6) is -1.20. The highest BCUT2D eigenvalue weighted by atomic mass is 16.4. The molecule has 0 saturated carbocycles. The van der Waals surface area contributed by atoms with Gasteiger partial charge in [0.25, 0.3) is 0 Å². The van der Waals surface area contributed by atoms with Crippen LogP contribution in [0.1, 0.15) is 0 Å². The Morgan fingerprint density at radius 3 is 2.14 bits per heavy atom. The largest absolute Gasteiger partial charge is 0.481 e. The van der Waals surface area contributed by atoms with Crippen molar-refractivity contribution in [3.63, 3.8) is 0 Å². The summed E-state index contributed by atoms with van der Waals surface area (Å²) in [6, 6.07) is 10.1. The summed E-state index contributed by atoms with van der Waals surface area (Å²) in [7, 11) is 0. The maximum Gasteiger partial charge on any atom is 0.320 e. The molecule has 0 aromatic heterocycles. The summed E-state index contributed by atoms with van der Waals surface area (Å²) in [6.45, 7) is 3.67. The van der Waals surface area contributed by atoms with E-state index in [2.05, 4.69) is 17.0 Å². The fraction of sp³-hybridized carbons (Fsp3) is 0.467. The summed E-state index contributed by atoms with van der Waals surface area (Å²) in [5.41, 5.74) is 1.18. The minimum absolute atomic E-state index is 0.0276. The van der Waals surface area contributed by atoms with Crippen molar-refractivity contribution in [3.05, 3.63) is 30.3 Å². The van der Waals surface area contributed by atoms with Crippen LogP contribution < -0.4 is 4.90 Å². The Hall–Kier alpha value is -2.24. The number of carboxylic acid groups (broad SMARTS) is 1. The second-order valence-electron chi connectivity index (χ2n) is 5.53. The number of rotatable bonds is 2. The smallest absolute Gasteiger partial charge is 0.320 e. The lowest BCUT2D eigenvalue weighted by atomic mass is 10.0. The predicted octanol–water partition coefficient (Wildman–Crippen LogP) is 0.945. The van der Waals surface area contributed by atoms with E-state index in [1.807, 2.05) is 23.1 Å². The molecule has 2 aliphatic rings. The first-order valence-corrected chi connectivity index (χ1v) is 7.22. The first-order chi connectivity index (χ1) is 10.1. The minimum atomic E-state index is -0.812. The molecule has 2 fully saturated rings. The van der Waals surface area contributed by atoms with Gasteiger partial charge >= 0.3 is 12.0 Å². The second-order valence-corrected chi connectivity index (χ2v) is 5.53. The number of piperazine rings is 1. The first-order valence-electron chi connectivity index (χ1n) is 7.22. The molecular weight excluding hydrogens is 270 g/mol. The van der Waals surface area contributed by atoms with Gasteiger partial charge < -0.3 is 19.8 Å². The van der Waals surface area contributed by atoms with Gasteiger partial charge in [0.2, 0.25) is 0 Å². The highest BCUT2D eigenvalue weighted by molar-refractivity contribution is 5.80. The first kappa shape index (κ1) is 13.7. The molecule has 2 aliphatic heterocycles. The number of carbonyl (C=O) groups is 2. The molecule has 112 valence electrons. The third-order valence-corrected chi connectivity index (χ3v) is 4.17. The number of anilines is 1. The van der Waals surface area contributed by atoms with Gasteiger partial charge in [-0.15, -0.1) is 0 Å². The van der Waals surface area contributed by atoms with E-state index in [0.717, 1.165) is 13.1 Å². The molecule has 0 radical (unpaired) electrons. The maximum absolute atomic E-state index is 12.2. The van der Waals surface area contributed by atoms with Crippen molar-refractivity contribution in [2.24, 2.45) is 5.92 Å². The van der Waals surface area contributed by atoms with Crippen molar-refractivity contribution in [2.45, 2.75) is 0 Å². The molecule has 1 N–H and O–H groups in total. The Bertz CT molecular complexity index is 520.